The molecule has 0 spiro atoms. The van der Waals surface area contributed by atoms with Crippen molar-refractivity contribution < 1.29 is 17.7 Å². The van der Waals surface area contributed by atoms with Crippen LogP contribution in [0.25, 0.3) is 22.5 Å². The third-order valence-electron chi connectivity index (χ3n) is 5.60. The largest absolute Gasteiger partial charge is 0.401 e. The lowest BCUT2D eigenvalue weighted by atomic mass is 10.2. The van der Waals surface area contributed by atoms with Crippen LogP contribution in [0, 0.1) is 6.92 Å². The van der Waals surface area contributed by atoms with E-state index >= 15 is 0 Å². The highest BCUT2D eigenvalue weighted by molar-refractivity contribution is 5.82. The SMILES string of the molecule is Cc1noc(-c2ccc3nc(Nc4cc(CN5CCN(CC(F)(F)F)CC5)ccn4)[nH]c3c2)n1. The zero-order valence-corrected chi connectivity index (χ0v) is 18.4. The van der Waals surface area contributed by atoms with E-state index in [1.165, 1.54) is 4.90 Å². The van der Waals surface area contributed by atoms with Crippen LogP contribution in [-0.2, 0) is 6.54 Å². The Morgan fingerprint density at radius 2 is 1.85 bits per heavy atom. The van der Waals surface area contributed by atoms with Crippen LogP contribution < -0.4 is 5.32 Å². The Morgan fingerprint density at radius 1 is 1.06 bits per heavy atom. The van der Waals surface area contributed by atoms with E-state index in [1.807, 2.05) is 30.3 Å². The normalized spacial score (nSPS) is 15.8. The molecule has 1 aliphatic rings. The molecule has 178 valence electrons. The van der Waals surface area contributed by atoms with Crippen molar-refractivity contribution in [3.05, 3.63) is 47.9 Å². The molecule has 0 unspecified atom stereocenters. The van der Waals surface area contributed by atoms with E-state index in [0.717, 1.165) is 22.2 Å². The average molecular weight is 472 g/mol. The molecule has 3 aromatic heterocycles. The third-order valence-corrected chi connectivity index (χ3v) is 5.60. The molecule has 1 saturated heterocycles. The smallest absolute Gasteiger partial charge is 0.334 e. The standard InChI is InChI=1S/C22H23F3N8O/c1-14-27-20(34-31-14)16-2-3-17-18(11-16)29-21(28-17)30-19-10-15(4-5-26-19)12-32-6-8-33(9-7-32)13-22(23,24)25/h2-5,10-11H,6-9,12-13H2,1H3,(H2,26,28,29,30). The van der Waals surface area contributed by atoms with Crippen molar-refractivity contribution in [2.75, 3.05) is 38.0 Å². The Morgan fingerprint density at radius 3 is 2.59 bits per heavy atom. The quantitative estimate of drug-likeness (QED) is 0.438. The van der Waals surface area contributed by atoms with Crippen LogP contribution in [0.5, 0.6) is 0 Å². The zero-order valence-electron chi connectivity index (χ0n) is 18.4. The number of imidazole rings is 1. The number of nitrogens with one attached hydrogen (secondary N) is 2. The molecule has 34 heavy (non-hydrogen) atoms. The van der Waals surface area contributed by atoms with Crippen molar-refractivity contribution in [1.82, 2.24) is 34.9 Å². The number of alkyl halides is 3. The van der Waals surface area contributed by atoms with Crippen molar-refractivity contribution in [2.45, 2.75) is 19.6 Å². The van der Waals surface area contributed by atoms with Crippen molar-refractivity contribution >= 4 is 22.8 Å². The highest BCUT2D eigenvalue weighted by Gasteiger charge is 2.32. The van der Waals surface area contributed by atoms with E-state index in [0.29, 0.717) is 56.2 Å². The van der Waals surface area contributed by atoms with Gasteiger partial charge in [-0.05, 0) is 42.8 Å². The Bertz CT molecular complexity index is 1280. The van der Waals surface area contributed by atoms with Crippen molar-refractivity contribution in [3.63, 3.8) is 0 Å². The van der Waals surface area contributed by atoms with Crippen LogP contribution >= 0.6 is 0 Å². The number of fused-ring (bicyclic) bond motifs is 1. The molecule has 0 radical (unpaired) electrons. The van der Waals surface area contributed by atoms with E-state index in [-0.39, 0.29) is 0 Å². The number of benzene rings is 1. The summed E-state index contributed by atoms with van der Waals surface area (Å²) in [4.78, 5) is 20.0. The molecule has 1 aliphatic heterocycles. The Labute approximate surface area is 193 Å². The summed E-state index contributed by atoms with van der Waals surface area (Å²) in [7, 11) is 0. The van der Waals surface area contributed by atoms with E-state index in [1.54, 1.807) is 13.1 Å². The maximum atomic E-state index is 12.6. The maximum Gasteiger partial charge on any atom is 0.401 e. The van der Waals surface area contributed by atoms with E-state index in [4.69, 9.17) is 4.52 Å². The first-order valence-corrected chi connectivity index (χ1v) is 10.8. The fraction of sp³-hybridized carbons (Fsp3) is 0.364. The van der Waals surface area contributed by atoms with Gasteiger partial charge in [0, 0.05) is 44.5 Å². The minimum Gasteiger partial charge on any atom is -0.334 e. The number of aryl methyl sites for hydroxylation is 1. The number of piperazine rings is 1. The molecule has 4 heterocycles. The number of hydrogen-bond acceptors (Lipinski definition) is 8. The minimum atomic E-state index is -4.15. The van der Waals surface area contributed by atoms with Crippen LogP contribution in [0.3, 0.4) is 0 Å². The van der Waals surface area contributed by atoms with Crippen molar-refractivity contribution in [3.8, 4) is 11.5 Å². The van der Waals surface area contributed by atoms with Crippen LogP contribution in [0.1, 0.15) is 11.4 Å². The van der Waals surface area contributed by atoms with Crippen LogP contribution in [-0.4, -0.2) is 73.8 Å². The average Bonchev–Trinajstić information content (AvgIpc) is 3.39. The first kappa shape index (κ1) is 22.3. The fourth-order valence-electron chi connectivity index (χ4n) is 4.00. The number of anilines is 2. The molecule has 0 amide bonds. The molecular weight excluding hydrogens is 449 g/mol. The molecule has 0 aliphatic carbocycles. The lowest BCUT2D eigenvalue weighted by Gasteiger charge is -2.35. The summed E-state index contributed by atoms with van der Waals surface area (Å²) >= 11 is 0. The molecule has 0 atom stereocenters. The summed E-state index contributed by atoms with van der Waals surface area (Å²) in [5.41, 5.74) is 3.39. The third kappa shape index (κ3) is 5.34. The summed E-state index contributed by atoms with van der Waals surface area (Å²) < 4.78 is 43.0. The highest BCUT2D eigenvalue weighted by atomic mass is 19.4. The molecule has 0 saturated carbocycles. The van der Waals surface area contributed by atoms with Gasteiger partial charge < -0.3 is 14.8 Å². The van der Waals surface area contributed by atoms with Crippen molar-refractivity contribution in [1.29, 1.82) is 0 Å². The molecule has 4 aromatic rings. The monoisotopic (exact) mass is 472 g/mol. The van der Waals surface area contributed by atoms with E-state index in [2.05, 4.69) is 35.3 Å². The molecule has 9 nitrogen and oxygen atoms in total. The molecule has 0 bridgehead atoms. The summed E-state index contributed by atoms with van der Waals surface area (Å²) in [5, 5.41) is 7.00. The first-order chi connectivity index (χ1) is 16.3. The lowest BCUT2D eigenvalue weighted by molar-refractivity contribution is -0.149. The molecular formula is C22H23F3N8O. The van der Waals surface area contributed by atoms with E-state index in [9.17, 15) is 13.2 Å². The number of aromatic amines is 1. The summed E-state index contributed by atoms with van der Waals surface area (Å²) in [5.74, 6) is 2.17. The summed E-state index contributed by atoms with van der Waals surface area (Å²) in [6.07, 6.45) is -2.45. The number of hydrogen-bond donors (Lipinski definition) is 2. The van der Waals surface area contributed by atoms with Crippen LogP contribution in [0.2, 0.25) is 0 Å². The van der Waals surface area contributed by atoms with Crippen LogP contribution in [0.4, 0.5) is 24.9 Å². The first-order valence-electron chi connectivity index (χ1n) is 10.8. The van der Waals surface area contributed by atoms with Gasteiger partial charge in [-0.1, -0.05) is 5.16 Å². The Kier molecular flexibility index (Phi) is 5.92. The maximum absolute atomic E-state index is 12.6. The molecule has 1 aromatic carbocycles. The number of pyridine rings is 1. The predicted octanol–water partition coefficient (Wildman–Crippen LogP) is 3.74. The summed E-state index contributed by atoms with van der Waals surface area (Å²) in [6, 6.07) is 9.45. The van der Waals surface area contributed by atoms with Gasteiger partial charge in [-0.15, -0.1) is 0 Å². The molecule has 1 fully saturated rings. The predicted molar refractivity (Wildman–Crippen MR) is 119 cm³/mol. The number of halogens is 3. The Balaban J connectivity index is 1.23. The number of nitrogens with zero attached hydrogens (tertiary/aromatic N) is 6. The van der Waals surface area contributed by atoms with E-state index < -0.39 is 12.7 Å². The second-order valence-corrected chi connectivity index (χ2v) is 8.31. The lowest BCUT2D eigenvalue weighted by Crippen LogP contribution is -2.48. The number of rotatable bonds is 6. The van der Waals surface area contributed by atoms with Gasteiger partial charge in [0.25, 0.3) is 5.89 Å². The van der Waals surface area contributed by atoms with Gasteiger partial charge in [-0.25, -0.2) is 9.97 Å². The second kappa shape index (κ2) is 9.03. The second-order valence-electron chi connectivity index (χ2n) is 8.31. The van der Waals surface area contributed by atoms with Gasteiger partial charge in [-0.3, -0.25) is 9.80 Å². The van der Waals surface area contributed by atoms with Gasteiger partial charge in [0.1, 0.15) is 5.82 Å². The molecule has 5 rings (SSSR count). The molecule has 2 N–H and O–H groups in total. The minimum absolute atomic E-state index is 0.403. The van der Waals surface area contributed by atoms with Gasteiger partial charge in [-0.2, -0.15) is 18.2 Å². The fourth-order valence-corrected chi connectivity index (χ4v) is 4.00. The van der Waals surface area contributed by atoms with Gasteiger partial charge in [0.2, 0.25) is 5.95 Å². The van der Waals surface area contributed by atoms with Gasteiger partial charge in [0.15, 0.2) is 5.82 Å². The van der Waals surface area contributed by atoms with Gasteiger partial charge >= 0.3 is 6.18 Å². The highest BCUT2D eigenvalue weighted by Crippen LogP contribution is 2.24. The van der Waals surface area contributed by atoms with Crippen molar-refractivity contribution in [2.24, 2.45) is 0 Å². The Hall–Kier alpha value is -3.51. The van der Waals surface area contributed by atoms with Crippen LogP contribution in [0.15, 0.2) is 41.1 Å². The number of aromatic nitrogens is 5. The topological polar surface area (TPSA) is 99.0 Å². The van der Waals surface area contributed by atoms with Gasteiger partial charge in [0.05, 0.1) is 17.6 Å². The molecule has 12 heteroatoms. The summed E-state index contributed by atoms with van der Waals surface area (Å²) in [6.45, 7) is 3.54. The zero-order chi connectivity index (χ0) is 23.7. The number of H-pyrrole nitrogens is 1.